The lowest BCUT2D eigenvalue weighted by molar-refractivity contribution is 0.0600. The molecule has 0 aliphatic heterocycles. The van der Waals surface area contributed by atoms with Crippen molar-refractivity contribution in [3.63, 3.8) is 0 Å². The molecule has 4 rings (SSSR count). The van der Waals surface area contributed by atoms with E-state index >= 15 is 0 Å². The predicted molar refractivity (Wildman–Crippen MR) is 130 cm³/mol. The minimum absolute atomic E-state index is 0.379. The molecule has 1 amide bonds. The number of aryl methyl sites for hydroxylation is 1. The van der Waals surface area contributed by atoms with E-state index in [0.717, 1.165) is 22.3 Å². The fourth-order valence-electron chi connectivity index (χ4n) is 3.63. The molecule has 1 aromatic heterocycles. The van der Waals surface area contributed by atoms with Gasteiger partial charge >= 0.3 is 12.1 Å². The molecule has 0 aliphatic rings. The van der Waals surface area contributed by atoms with Gasteiger partial charge in [-0.3, -0.25) is 5.32 Å². The first-order chi connectivity index (χ1) is 16.5. The van der Waals surface area contributed by atoms with Gasteiger partial charge in [-0.1, -0.05) is 66.7 Å². The molecule has 0 saturated heterocycles. The standard InChI is InChI=1S/C27H25N3O4/c1-18(19-8-5-4-6-9-19)34-27(32)29-25-24(28-17-30(25)2)21-14-12-20(13-15-21)22-10-7-11-23(16-22)26(31)33-3/h4-18H,1-3H3,(H,29,32). The Morgan fingerprint density at radius 3 is 2.32 bits per heavy atom. The summed E-state index contributed by atoms with van der Waals surface area (Å²) in [6.07, 6.45) is 0.689. The quantitative estimate of drug-likeness (QED) is 0.369. The zero-order valence-corrected chi connectivity index (χ0v) is 19.2. The predicted octanol–water partition coefficient (Wildman–Crippen LogP) is 5.85. The summed E-state index contributed by atoms with van der Waals surface area (Å²) in [7, 11) is 3.17. The summed E-state index contributed by atoms with van der Waals surface area (Å²) < 4.78 is 12.1. The maximum Gasteiger partial charge on any atom is 0.413 e. The Kier molecular flexibility index (Phi) is 6.73. The topological polar surface area (TPSA) is 82.5 Å². The third-order valence-corrected chi connectivity index (χ3v) is 5.49. The summed E-state index contributed by atoms with van der Waals surface area (Å²) in [5.74, 6) is 0.154. The smallest absolute Gasteiger partial charge is 0.413 e. The Hall–Kier alpha value is -4.39. The molecule has 3 aromatic carbocycles. The van der Waals surface area contributed by atoms with Gasteiger partial charge in [0.25, 0.3) is 0 Å². The first-order valence-corrected chi connectivity index (χ1v) is 10.8. The molecule has 0 radical (unpaired) electrons. The van der Waals surface area contributed by atoms with E-state index in [2.05, 4.69) is 10.3 Å². The van der Waals surface area contributed by atoms with E-state index in [1.165, 1.54) is 7.11 Å². The molecule has 0 spiro atoms. The highest BCUT2D eigenvalue weighted by Gasteiger charge is 2.17. The molecular weight excluding hydrogens is 430 g/mol. The van der Waals surface area contributed by atoms with Gasteiger partial charge in [-0.15, -0.1) is 0 Å². The second kappa shape index (κ2) is 10.0. The number of hydrogen-bond acceptors (Lipinski definition) is 5. The molecule has 34 heavy (non-hydrogen) atoms. The lowest BCUT2D eigenvalue weighted by Crippen LogP contribution is -2.18. The lowest BCUT2D eigenvalue weighted by atomic mass is 10.0. The van der Waals surface area contributed by atoms with E-state index in [-0.39, 0.29) is 5.97 Å². The summed E-state index contributed by atoms with van der Waals surface area (Å²) in [5.41, 5.74) is 4.70. The van der Waals surface area contributed by atoms with Gasteiger partial charge in [0.15, 0.2) is 0 Å². The van der Waals surface area contributed by atoms with Gasteiger partial charge < -0.3 is 14.0 Å². The van der Waals surface area contributed by atoms with Crippen molar-refractivity contribution in [1.82, 2.24) is 9.55 Å². The molecule has 0 aliphatic carbocycles. The largest absolute Gasteiger partial charge is 0.465 e. The molecule has 172 valence electrons. The third-order valence-electron chi connectivity index (χ3n) is 5.49. The van der Waals surface area contributed by atoms with Crippen molar-refractivity contribution in [1.29, 1.82) is 0 Å². The second-order valence-electron chi connectivity index (χ2n) is 7.79. The van der Waals surface area contributed by atoms with Crippen molar-refractivity contribution < 1.29 is 19.1 Å². The van der Waals surface area contributed by atoms with E-state index in [1.807, 2.05) is 73.7 Å². The van der Waals surface area contributed by atoms with Crippen molar-refractivity contribution in [2.75, 3.05) is 12.4 Å². The Bertz CT molecular complexity index is 1300. The number of ether oxygens (including phenoxy) is 2. The van der Waals surface area contributed by atoms with Crippen LogP contribution in [0, 0.1) is 0 Å². The number of carbonyl (C=O) groups excluding carboxylic acids is 2. The minimum Gasteiger partial charge on any atom is -0.465 e. The van der Waals surface area contributed by atoms with Gasteiger partial charge in [0, 0.05) is 12.6 Å². The van der Waals surface area contributed by atoms with Crippen LogP contribution < -0.4 is 5.32 Å². The van der Waals surface area contributed by atoms with Crippen molar-refractivity contribution in [2.45, 2.75) is 13.0 Å². The molecule has 7 heteroatoms. The number of rotatable bonds is 6. The van der Waals surface area contributed by atoms with Crippen LogP contribution in [0.3, 0.4) is 0 Å². The zero-order chi connectivity index (χ0) is 24.1. The number of carbonyl (C=O) groups is 2. The molecule has 0 bridgehead atoms. The highest BCUT2D eigenvalue weighted by atomic mass is 16.6. The number of amides is 1. The van der Waals surface area contributed by atoms with Gasteiger partial charge in [0.1, 0.15) is 17.6 Å². The van der Waals surface area contributed by atoms with Gasteiger partial charge in [0.2, 0.25) is 0 Å². The molecule has 0 fully saturated rings. The van der Waals surface area contributed by atoms with Crippen LogP contribution in [0.2, 0.25) is 0 Å². The third kappa shape index (κ3) is 4.99. The maximum atomic E-state index is 12.6. The van der Waals surface area contributed by atoms with E-state index in [4.69, 9.17) is 9.47 Å². The summed E-state index contributed by atoms with van der Waals surface area (Å²) >= 11 is 0. The average Bonchev–Trinajstić information content (AvgIpc) is 3.23. The van der Waals surface area contributed by atoms with Crippen molar-refractivity contribution >= 4 is 17.9 Å². The number of nitrogens with one attached hydrogen (secondary N) is 1. The van der Waals surface area contributed by atoms with Crippen LogP contribution in [-0.4, -0.2) is 28.7 Å². The van der Waals surface area contributed by atoms with Crippen molar-refractivity contribution in [3.05, 3.63) is 96.3 Å². The number of hydrogen-bond donors (Lipinski definition) is 1. The molecular formula is C27H25N3O4. The first-order valence-electron chi connectivity index (χ1n) is 10.8. The molecule has 4 aromatic rings. The molecule has 0 saturated carbocycles. The Labute approximate surface area is 198 Å². The molecule has 1 heterocycles. The van der Waals surface area contributed by atoms with E-state index < -0.39 is 12.2 Å². The molecule has 1 N–H and O–H groups in total. The summed E-state index contributed by atoms with van der Waals surface area (Å²) in [6, 6.07) is 24.5. The van der Waals surface area contributed by atoms with Crippen LogP contribution in [0.5, 0.6) is 0 Å². The SMILES string of the molecule is COC(=O)c1cccc(-c2ccc(-c3ncn(C)c3NC(=O)OC(C)c3ccccc3)cc2)c1. The van der Waals surface area contributed by atoms with Gasteiger partial charge in [-0.05, 0) is 35.7 Å². The highest BCUT2D eigenvalue weighted by Crippen LogP contribution is 2.29. The van der Waals surface area contributed by atoms with Crippen LogP contribution in [0.1, 0.15) is 28.9 Å². The Morgan fingerprint density at radius 2 is 1.62 bits per heavy atom. The van der Waals surface area contributed by atoms with E-state index in [0.29, 0.717) is 17.1 Å². The summed E-state index contributed by atoms with van der Waals surface area (Å²) in [5, 5.41) is 2.82. The second-order valence-corrected chi connectivity index (χ2v) is 7.79. The van der Waals surface area contributed by atoms with Crippen molar-refractivity contribution in [3.8, 4) is 22.4 Å². The Balaban J connectivity index is 1.52. The van der Waals surface area contributed by atoms with E-state index in [1.54, 1.807) is 30.1 Å². The summed E-state index contributed by atoms with van der Waals surface area (Å²) in [6.45, 7) is 1.83. The summed E-state index contributed by atoms with van der Waals surface area (Å²) in [4.78, 5) is 28.9. The van der Waals surface area contributed by atoms with E-state index in [9.17, 15) is 9.59 Å². The number of esters is 1. The number of benzene rings is 3. The number of methoxy groups -OCH3 is 1. The van der Waals surface area contributed by atoms with Crippen LogP contribution in [0.4, 0.5) is 10.6 Å². The number of imidazole rings is 1. The van der Waals surface area contributed by atoms with Gasteiger partial charge in [-0.2, -0.15) is 0 Å². The van der Waals surface area contributed by atoms with Gasteiger partial charge in [-0.25, -0.2) is 14.6 Å². The van der Waals surface area contributed by atoms with Crippen molar-refractivity contribution in [2.24, 2.45) is 7.05 Å². The molecule has 1 atom stereocenters. The fraction of sp³-hybridized carbons (Fsp3) is 0.148. The monoisotopic (exact) mass is 455 g/mol. The fourth-order valence-corrected chi connectivity index (χ4v) is 3.63. The maximum absolute atomic E-state index is 12.6. The lowest BCUT2D eigenvalue weighted by Gasteiger charge is -2.15. The average molecular weight is 456 g/mol. The first kappa shape index (κ1) is 22.8. The van der Waals surface area contributed by atoms with Crippen LogP contribution in [0.15, 0.2) is 85.2 Å². The zero-order valence-electron chi connectivity index (χ0n) is 19.2. The number of anilines is 1. The molecule has 1 unspecified atom stereocenters. The van der Waals surface area contributed by atoms with Crippen LogP contribution in [0.25, 0.3) is 22.4 Å². The van der Waals surface area contributed by atoms with Crippen LogP contribution >= 0.6 is 0 Å². The number of nitrogens with zero attached hydrogens (tertiary/aromatic N) is 2. The highest BCUT2D eigenvalue weighted by molar-refractivity contribution is 5.91. The number of aromatic nitrogens is 2. The van der Waals surface area contributed by atoms with Crippen LogP contribution in [-0.2, 0) is 16.5 Å². The normalized spacial score (nSPS) is 11.5. The molecule has 7 nitrogen and oxygen atoms in total. The minimum atomic E-state index is -0.558. The Morgan fingerprint density at radius 1 is 0.912 bits per heavy atom. The van der Waals surface area contributed by atoms with Gasteiger partial charge in [0.05, 0.1) is 19.0 Å².